The van der Waals surface area contributed by atoms with Crippen molar-refractivity contribution in [2.24, 2.45) is 0 Å². The third-order valence-corrected chi connectivity index (χ3v) is 3.50. The highest BCUT2D eigenvalue weighted by molar-refractivity contribution is 6.00. The lowest BCUT2D eigenvalue weighted by atomic mass is 10.1. The van der Waals surface area contributed by atoms with Gasteiger partial charge >= 0.3 is 0 Å². The van der Waals surface area contributed by atoms with Crippen molar-refractivity contribution in [2.75, 3.05) is 5.32 Å². The van der Waals surface area contributed by atoms with Gasteiger partial charge in [-0.2, -0.15) is 5.10 Å². The molecule has 26 heavy (non-hydrogen) atoms. The molecule has 0 fully saturated rings. The first kappa shape index (κ1) is 17.8. The Balaban J connectivity index is 1.82. The van der Waals surface area contributed by atoms with Gasteiger partial charge in [0.25, 0.3) is 5.91 Å². The van der Waals surface area contributed by atoms with Crippen LogP contribution >= 0.6 is 0 Å². The van der Waals surface area contributed by atoms with E-state index >= 15 is 0 Å². The predicted octanol–water partition coefficient (Wildman–Crippen LogP) is 3.15. The van der Waals surface area contributed by atoms with Crippen molar-refractivity contribution in [3.8, 4) is 0 Å². The first-order valence-corrected chi connectivity index (χ1v) is 8.07. The molecule has 0 radical (unpaired) electrons. The van der Waals surface area contributed by atoms with E-state index in [9.17, 15) is 13.6 Å². The number of nitrogens with zero attached hydrogens (tertiary/aromatic N) is 3. The molecule has 6 nitrogen and oxygen atoms in total. The van der Waals surface area contributed by atoms with Crippen molar-refractivity contribution in [3.05, 3.63) is 59.4 Å². The first-order valence-electron chi connectivity index (χ1n) is 8.07. The minimum atomic E-state index is -0.637. The molecule has 0 aliphatic carbocycles. The van der Waals surface area contributed by atoms with Crippen LogP contribution in [0.1, 0.15) is 36.7 Å². The highest BCUT2D eigenvalue weighted by Gasteiger charge is 2.19. The first-order chi connectivity index (χ1) is 12.2. The Bertz CT molecular complexity index is 942. The average molecular weight is 359 g/mol. The van der Waals surface area contributed by atoms with Crippen molar-refractivity contribution in [3.63, 3.8) is 0 Å². The number of amides is 1. The Morgan fingerprint density at radius 3 is 2.54 bits per heavy atom. The van der Waals surface area contributed by atoms with Gasteiger partial charge in [0.1, 0.15) is 23.0 Å². The Morgan fingerprint density at radius 1 is 1.19 bits per heavy atom. The van der Waals surface area contributed by atoms with Gasteiger partial charge in [-0.1, -0.05) is 0 Å². The second-order valence-corrected chi connectivity index (χ2v) is 6.97. The molecule has 0 bridgehead atoms. The summed E-state index contributed by atoms with van der Waals surface area (Å²) in [5.41, 5.74) is 0.800. The Hall–Kier alpha value is -3.03. The largest absolute Gasteiger partial charge is 0.366 e. The monoisotopic (exact) mass is 359 g/mol. The SMILES string of the molecule is CC(C)(C)NC(=O)c1cnn2ccc(NCc3cc(F)cc(F)c3)nc12. The van der Waals surface area contributed by atoms with E-state index in [1.165, 1.54) is 22.8 Å². The van der Waals surface area contributed by atoms with Crippen LogP contribution in [0.2, 0.25) is 0 Å². The molecule has 1 amide bonds. The Morgan fingerprint density at radius 2 is 1.88 bits per heavy atom. The molecule has 2 heterocycles. The second kappa shape index (κ2) is 6.70. The van der Waals surface area contributed by atoms with Crippen LogP contribution in [0.25, 0.3) is 5.65 Å². The van der Waals surface area contributed by atoms with E-state index in [0.717, 1.165) is 6.07 Å². The fraction of sp³-hybridized carbons (Fsp3) is 0.278. The minimum absolute atomic E-state index is 0.190. The van der Waals surface area contributed by atoms with Crippen molar-refractivity contribution in [1.29, 1.82) is 0 Å². The summed E-state index contributed by atoms with van der Waals surface area (Å²) in [4.78, 5) is 16.8. The van der Waals surface area contributed by atoms with Crippen LogP contribution in [-0.4, -0.2) is 26.0 Å². The maximum atomic E-state index is 13.3. The lowest BCUT2D eigenvalue weighted by Crippen LogP contribution is -2.40. The van der Waals surface area contributed by atoms with Crippen LogP contribution in [0, 0.1) is 11.6 Å². The molecule has 3 aromatic rings. The zero-order chi connectivity index (χ0) is 18.9. The lowest BCUT2D eigenvalue weighted by molar-refractivity contribution is 0.0921. The highest BCUT2D eigenvalue weighted by Crippen LogP contribution is 2.15. The number of carbonyl (C=O) groups is 1. The van der Waals surface area contributed by atoms with Crippen LogP contribution in [-0.2, 0) is 6.54 Å². The van der Waals surface area contributed by atoms with Gasteiger partial charge in [-0.3, -0.25) is 4.79 Å². The van der Waals surface area contributed by atoms with Gasteiger partial charge in [0.2, 0.25) is 0 Å². The summed E-state index contributed by atoms with van der Waals surface area (Å²) in [6.45, 7) is 5.84. The molecule has 2 N–H and O–H groups in total. The van der Waals surface area contributed by atoms with Crippen molar-refractivity contribution < 1.29 is 13.6 Å². The number of carbonyl (C=O) groups excluding carboxylic acids is 1. The quantitative estimate of drug-likeness (QED) is 0.751. The topological polar surface area (TPSA) is 71.3 Å². The van der Waals surface area contributed by atoms with Gasteiger partial charge in [0.05, 0.1) is 6.20 Å². The van der Waals surface area contributed by atoms with Crippen LogP contribution < -0.4 is 10.6 Å². The number of halogens is 2. The molecule has 0 saturated carbocycles. The van der Waals surface area contributed by atoms with Crippen molar-refractivity contribution in [1.82, 2.24) is 19.9 Å². The normalized spacial score (nSPS) is 11.6. The third-order valence-electron chi connectivity index (χ3n) is 3.50. The Kier molecular flexibility index (Phi) is 4.58. The van der Waals surface area contributed by atoms with E-state index in [-0.39, 0.29) is 18.0 Å². The van der Waals surface area contributed by atoms with Crippen molar-refractivity contribution in [2.45, 2.75) is 32.9 Å². The number of aromatic nitrogens is 3. The summed E-state index contributed by atoms with van der Waals surface area (Å²) >= 11 is 0. The standard InChI is InChI=1S/C18H19F2N5O/c1-18(2,3)24-17(26)14-10-22-25-5-4-15(23-16(14)25)21-9-11-6-12(19)8-13(20)7-11/h4-8,10H,9H2,1-3H3,(H,21,23)(H,24,26). The molecule has 0 spiro atoms. The van der Waals surface area contributed by atoms with E-state index in [1.54, 1.807) is 12.3 Å². The molecule has 136 valence electrons. The fourth-order valence-corrected chi connectivity index (χ4v) is 2.44. The van der Waals surface area contributed by atoms with Gasteiger partial charge in [-0.25, -0.2) is 18.3 Å². The van der Waals surface area contributed by atoms with Gasteiger partial charge in [-0.15, -0.1) is 0 Å². The molecule has 2 aromatic heterocycles. The lowest BCUT2D eigenvalue weighted by Gasteiger charge is -2.19. The van der Waals surface area contributed by atoms with Crippen LogP contribution in [0.15, 0.2) is 36.7 Å². The fourth-order valence-electron chi connectivity index (χ4n) is 2.44. The highest BCUT2D eigenvalue weighted by atomic mass is 19.1. The predicted molar refractivity (Wildman–Crippen MR) is 93.9 cm³/mol. The molecular weight excluding hydrogens is 340 g/mol. The summed E-state index contributed by atoms with van der Waals surface area (Å²) in [5, 5.41) is 9.98. The van der Waals surface area contributed by atoms with E-state index in [0.29, 0.717) is 22.6 Å². The smallest absolute Gasteiger partial charge is 0.257 e. The number of benzene rings is 1. The van der Waals surface area contributed by atoms with E-state index < -0.39 is 11.6 Å². The molecule has 0 saturated heterocycles. The van der Waals surface area contributed by atoms with Gasteiger partial charge in [0, 0.05) is 24.3 Å². The maximum Gasteiger partial charge on any atom is 0.257 e. The number of nitrogens with one attached hydrogen (secondary N) is 2. The number of hydrogen-bond acceptors (Lipinski definition) is 4. The Labute approximate surface area is 149 Å². The van der Waals surface area contributed by atoms with Gasteiger partial charge < -0.3 is 10.6 Å². The van der Waals surface area contributed by atoms with Crippen LogP contribution in [0.4, 0.5) is 14.6 Å². The maximum absolute atomic E-state index is 13.3. The molecule has 0 aliphatic rings. The molecule has 8 heteroatoms. The van der Waals surface area contributed by atoms with Crippen LogP contribution in [0.5, 0.6) is 0 Å². The molecule has 0 atom stereocenters. The van der Waals surface area contributed by atoms with Crippen molar-refractivity contribution >= 4 is 17.4 Å². The summed E-state index contributed by atoms with van der Waals surface area (Å²) < 4.78 is 28.0. The summed E-state index contributed by atoms with van der Waals surface area (Å²) in [6, 6.07) is 4.98. The van der Waals surface area contributed by atoms with E-state index in [2.05, 4.69) is 20.7 Å². The molecule has 3 rings (SSSR count). The summed E-state index contributed by atoms with van der Waals surface area (Å²) in [7, 11) is 0. The average Bonchev–Trinajstić information content (AvgIpc) is 2.93. The minimum Gasteiger partial charge on any atom is -0.366 e. The zero-order valence-electron chi connectivity index (χ0n) is 14.7. The second-order valence-electron chi connectivity index (χ2n) is 6.97. The number of hydrogen-bond donors (Lipinski definition) is 2. The third kappa shape index (κ3) is 4.14. The van der Waals surface area contributed by atoms with Gasteiger partial charge in [0.15, 0.2) is 5.65 Å². The summed E-state index contributed by atoms with van der Waals surface area (Å²) in [6.07, 6.45) is 3.11. The summed E-state index contributed by atoms with van der Waals surface area (Å²) in [5.74, 6) is -1.08. The molecule has 0 unspecified atom stereocenters. The molecular formula is C18H19F2N5O. The van der Waals surface area contributed by atoms with E-state index in [4.69, 9.17) is 0 Å². The zero-order valence-corrected chi connectivity index (χ0v) is 14.7. The molecule has 1 aromatic carbocycles. The van der Waals surface area contributed by atoms with Gasteiger partial charge in [-0.05, 0) is 44.5 Å². The number of anilines is 1. The molecule has 0 aliphatic heterocycles. The van der Waals surface area contributed by atoms with Crippen LogP contribution in [0.3, 0.4) is 0 Å². The van der Waals surface area contributed by atoms with E-state index in [1.807, 2.05) is 20.8 Å². The number of rotatable bonds is 4. The number of fused-ring (bicyclic) bond motifs is 1.